The third kappa shape index (κ3) is 1.35. The number of hydrogen-bond donors (Lipinski definition) is 3. The van der Waals surface area contributed by atoms with Gasteiger partial charge in [-0.25, -0.2) is 5.43 Å². The zero-order chi connectivity index (χ0) is 10.3. The fourth-order valence-electron chi connectivity index (χ4n) is 2.46. The van der Waals surface area contributed by atoms with E-state index in [1.54, 1.807) is 12.5 Å². The summed E-state index contributed by atoms with van der Waals surface area (Å²) in [4.78, 5) is 11.5. The van der Waals surface area contributed by atoms with Gasteiger partial charge in [-0.2, -0.15) is 0 Å². The molecule has 3 rings (SSSR count). The lowest BCUT2D eigenvalue weighted by molar-refractivity contribution is -0.123. The molecule has 3 N–H and O–H groups in total. The monoisotopic (exact) mass is 207 g/mol. The van der Waals surface area contributed by atoms with Crippen LogP contribution < -0.4 is 16.2 Å². The molecule has 5 heteroatoms. The molecule has 2 fully saturated rings. The smallest absolute Gasteiger partial charge is 0.240 e. The highest BCUT2D eigenvalue weighted by atomic mass is 16.5. The molecule has 3 heterocycles. The summed E-state index contributed by atoms with van der Waals surface area (Å²) in [7, 11) is 0. The predicted octanol–water partition coefficient (Wildman–Crippen LogP) is -0.749. The van der Waals surface area contributed by atoms with Crippen molar-refractivity contribution in [1.82, 2.24) is 16.2 Å². The quantitative estimate of drug-likeness (QED) is 0.489. The Bertz CT molecular complexity index is 340. The van der Waals surface area contributed by atoms with E-state index < -0.39 is 0 Å². The van der Waals surface area contributed by atoms with Crippen molar-refractivity contribution in [2.45, 2.75) is 12.1 Å². The Morgan fingerprint density at radius 2 is 2.20 bits per heavy atom. The molecule has 2 saturated heterocycles. The van der Waals surface area contributed by atoms with E-state index in [-0.39, 0.29) is 29.8 Å². The molecule has 0 aromatic heterocycles. The minimum atomic E-state index is 0.0161. The van der Waals surface area contributed by atoms with Crippen LogP contribution >= 0.6 is 0 Å². The van der Waals surface area contributed by atoms with Crippen LogP contribution in [-0.4, -0.2) is 24.5 Å². The fourth-order valence-corrected chi connectivity index (χ4v) is 2.46. The fraction of sp³-hybridized carbons (Fsp3) is 0.500. The summed E-state index contributed by atoms with van der Waals surface area (Å²) in [6, 6.07) is 0.400. The highest BCUT2D eigenvalue weighted by Crippen LogP contribution is 2.27. The average molecular weight is 207 g/mol. The van der Waals surface area contributed by atoms with Gasteiger partial charge in [0.1, 0.15) is 0 Å². The van der Waals surface area contributed by atoms with Gasteiger partial charge >= 0.3 is 0 Å². The van der Waals surface area contributed by atoms with Crippen LogP contribution in [0.4, 0.5) is 0 Å². The number of hydrazine groups is 1. The van der Waals surface area contributed by atoms with Gasteiger partial charge in [0.2, 0.25) is 5.91 Å². The normalized spacial score (nSPS) is 42.5. The van der Waals surface area contributed by atoms with E-state index in [0.29, 0.717) is 6.54 Å². The molecule has 0 bridgehead atoms. The van der Waals surface area contributed by atoms with Crippen LogP contribution in [0.3, 0.4) is 0 Å². The van der Waals surface area contributed by atoms with E-state index in [1.165, 1.54) is 0 Å². The minimum absolute atomic E-state index is 0.0161. The van der Waals surface area contributed by atoms with Gasteiger partial charge in [-0.15, -0.1) is 0 Å². The summed E-state index contributed by atoms with van der Waals surface area (Å²) in [6.07, 6.45) is 7.35. The molecule has 4 atom stereocenters. The van der Waals surface area contributed by atoms with Crippen LogP contribution in [0.15, 0.2) is 24.7 Å². The minimum Gasteiger partial charge on any atom is -0.473 e. The summed E-state index contributed by atoms with van der Waals surface area (Å²) >= 11 is 0. The van der Waals surface area contributed by atoms with Crippen molar-refractivity contribution in [3.05, 3.63) is 24.7 Å². The van der Waals surface area contributed by atoms with Gasteiger partial charge in [0, 0.05) is 24.5 Å². The zero-order valence-corrected chi connectivity index (χ0v) is 8.14. The van der Waals surface area contributed by atoms with Crippen molar-refractivity contribution >= 4 is 5.91 Å². The number of piperidine rings is 1. The Balaban J connectivity index is 1.89. The second kappa shape index (κ2) is 3.36. The van der Waals surface area contributed by atoms with Gasteiger partial charge < -0.3 is 10.1 Å². The molecular formula is C10H13N3O2. The van der Waals surface area contributed by atoms with Gasteiger partial charge in [-0.05, 0) is 12.2 Å². The van der Waals surface area contributed by atoms with Gasteiger partial charge in [0.25, 0.3) is 0 Å². The van der Waals surface area contributed by atoms with E-state index in [4.69, 9.17) is 4.74 Å². The highest BCUT2D eigenvalue weighted by Gasteiger charge is 2.44. The van der Waals surface area contributed by atoms with E-state index in [9.17, 15) is 4.79 Å². The van der Waals surface area contributed by atoms with E-state index >= 15 is 0 Å². The second-order valence-corrected chi connectivity index (χ2v) is 4.07. The summed E-state index contributed by atoms with van der Waals surface area (Å²) < 4.78 is 5.13. The standard InChI is InChI=1S/C10H13N3O2/c14-10-7-5-11-8-2-4-15-3-1-6(8)9(7)12-13-10/h1-4,6-9,11-12H,5H2,(H,13,14). The van der Waals surface area contributed by atoms with Crippen molar-refractivity contribution < 1.29 is 9.53 Å². The summed E-state index contributed by atoms with van der Waals surface area (Å²) in [5, 5.41) is 3.34. The van der Waals surface area contributed by atoms with Crippen LogP contribution in [-0.2, 0) is 9.53 Å². The molecule has 1 amide bonds. The van der Waals surface area contributed by atoms with E-state index in [1.807, 2.05) is 12.2 Å². The first-order valence-corrected chi connectivity index (χ1v) is 5.14. The zero-order valence-electron chi connectivity index (χ0n) is 8.14. The van der Waals surface area contributed by atoms with Crippen molar-refractivity contribution in [2.24, 2.45) is 11.8 Å². The Labute approximate surface area is 87.5 Å². The molecule has 0 spiro atoms. The Morgan fingerprint density at radius 1 is 1.33 bits per heavy atom. The van der Waals surface area contributed by atoms with Crippen LogP contribution in [0.25, 0.3) is 0 Å². The van der Waals surface area contributed by atoms with Crippen molar-refractivity contribution in [2.75, 3.05) is 6.54 Å². The van der Waals surface area contributed by atoms with Crippen molar-refractivity contribution in [1.29, 1.82) is 0 Å². The lowest BCUT2D eigenvalue weighted by Gasteiger charge is -2.35. The maximum Gasteiger partial charge on any atom is 0.240 e. The van der Waals surface area contributed by atoms with E-state index in [0.717, 1.165) is 0 Å². The maximum atomic E-state index is 11.5. The number of nitrogens with one attached hydrogen (secondary N) is 3. The second-order valence-electron chi connectivity index (χ2n) is 4.07. The van der Waals surface area contributed by atoms with Crippen LogP contribution in [0.2, 0.25) is 0 Å². The summed E-state index contributed by atoms with van der Waals surface area (Å²) in [5.74, 6) is 0.345. The highest BCUT2D eigenvalue weighted by molar-refractivity contribution is 5.81. The van der Waals surface area contributed by atoms with Gasteiger partial charge in [0.15, 0.2) is 0 Å². The molecule has 15 heavy (non-hydrogen) atoms. The molecule has 3 aliphatic heterocycles. The molecule has 3 aliphatic rings. The lowest BCUT2D eigenvalue weighted by atomic mass is 9.80. The lowest BCUT2D eigenvalue weighted by Crippen LogP contribution is -2.54. The number of carbonyl (C=O) groups is 1. The number of carbonyl (C=O) groups excluding carboxylic acids is 1. The molecule has 0 radical (unpaired) electrons. The Kier molecular flexibility index (Phi) is 2.00. The number of rotatable bonds is 0. The van der Waals surface area contributed by atoms with Gasteiger partial charge in [-0.3, -0.25) is 10.2 Å². The molecule has 0 aromatic carbocycles. The SMILES string of the molecule is O=C1NNC2C1CNC1C=COC=CC12. The number of fused-ring (bicyclic) bond motifs is 3. The third-order valence-electron chi connectivity index (χ3n) is 3.28. The molecular weight excluding hydrogens is 194 g/mol. The van der Waals surface area contributed by atoms with Crippen LogP contribution in [0, 0.1) is 11.8 Å². The number of hydrogen-bond acceptors (Lipinski definition) is 4. The first-order chi connectivity index (χ1) is 7.36. The predicted molar refractivity (Wildman–Crippen MR) is 53.2 cm³/mol. The molecule has 0 saturated carbocycles. The maximum absolute atomic E-state index is 11.5. The van der Waals surface area contributed by atoms with Crippen molar-refractivity contribution in [3.8, 4) is 0 Å². The molecule has 4 unspecified atom stereocenters. The molecule has 0 aliphatic carbocycles. The van der Waals surface area contributed by atoms with Gasteiger partial charge in [-0.1, -0.05) is 0 Å². The van der Waals surface area contributed by atoms with E-state index in [2.05, 4.69) is 16.2 Å². The topological polar surface area (TPSA) is 62.4 Å². The number of amides is 1. The first-order valence-electron chi connectivity index (χ1n) is 5.14. The number of ether oxygens (including phenoxy) is 1. The largest absolute Gasteiger partial charge is 0.473 e. The first kappa shape index (κ1) is 8.94. The van der Waals surface area contributed by atoms with Gasteiger partial charge in [0.05, 0.1) is 18.4 Å². The molecule has 0 aromatic rings. The summed E-state index contributed by atoms with van der Waals surface area (Å²) in [6.45, 7) is 0.711. The molecule has 80 valence electrons. The summed E-state index contributed by atoms with van der Waals surface area (Å²) in [5.41, 5.74) is 5.74. The molecule has 5 nitrogen and oxygen atoms in total. The van der Waals surface area contributed by atoms with Crippen molar-refractivity contribution in [3.63, 3.8) is 0 Å². The Hall–Kier alpha value is -1.33. The van der Waals surface area contributed by atoms with Crippen LogP contribution in [0.1, 0.15) is 0 Å². The average Bonchev–Trinajstić information content (AvgIpc) is 2.51. The third-order valence-corrected chi connectivity index (χ3v) is 3.28. The Morgan fingerprint density at radius 3 is 3.13 bits per heavy atom. The van der Waals surface area contributed by atoms with Crippen LogP contribution in [0.5, 0.6) is 0 Å².